The zero-order valence-electron chi connectivity index (χ0n) is 15.6. The minimum absolute atomic E-state index is 0.264. The number of hydrogen-bond acceptors (Lipinski definition) is 4. The number of nitrogens with one attached hydrogen (secondary N) is 1. The van der Waals surface area contributed by atoms with E-state index in [1.807, 2.05) is 24.3 Å². The minimum Gasteiger partial charge on any atom is -0.324 e. The summed E-state index contributed by atoms with van der Waals surface area (Å²) in [7, 11) is -3.70. The standard InChI is InChI=1S/C20H23N3O3S/c1-4-15(2)18-10-5-6-11-19(18)22-20(24)14-23(27(3,25)26)17-9-7-8-16(12-17)13-21/h5-12,15H,4,14H2,1-3H3,(H,22,24)/t15-/m1/s1. The normalized spacial score (nSPS) is 12.1. The molecule has 2 aromatic carbocycles. The van der Waals surface area contributed by atoms with Crippen molar-refractivity contribution < 1.29 is 13.2 Å². The number of para-hydroxylation sites is 1. The summed E-state index contributed by atoms with van der Waals surface area (Å²) in [6, 6.07) is 15.6. The summed E-state index contributed by atoms with van der Waals surface area (Å²) in [5, 5.41) is 11.8. The minimum atomic E-state index is -3.70. The molecule has 0 unspecified atom stereocenters. The molecular weight excluding hydrogens is 362 g/mol. The van der Waals surface area contributed by atoms with Crippen molar-refractivity contribution in [3.8, 4) is 6.07 Å². The average Bonchev–Trinajstić information content (AvgIpc) is 2.65. The van der Waals surface area contributed by atoms with Gasteiger partial charge in [-0.15, -0.1) is 0 Å². The molecule has 0 spiro atoms. The molecule has 0 saturated heterocycles. The van der Waals surface area contributed by atoms with Crippen LogP contribution in [0.1, 0.15) is 37.3 Å². The van der Waals surface area contributed by atoms with Crippen molar-refractivity contribution >= 4 is 27.3 Å². The number of benzene rings is 2. The smallest absolute Gasteiger partial charge is 0.245 e. The summed E-state index contributed by atoms with van der Waals surface area (Å²) < 4.78 is 25.4. The second-order valence-electron chi connectivity index (χ2n) is 6.38. The summed E-state index contributed by atoms with van der Waals surface area (Å²) >= 11 is 0. The lowest BCUT2D eigenvalue weighted by molar-refractivity contribution is -0.114. The molecule has 1 atom stereocenters. The van der Waals surface area contributed by atoms with E-state index in [9.17, 15) is 13.2 Å². The number of hydrogen-bond donors (Lipinski definition) is 1. The third kappa shape index (κ3) is 5.31. The Labute approximate surface area is 160 Å². The Morgan fingerprint density at radius 2 is 1.93 bits per heavy atom. The summed E-state index contributed by atoms with van der Waals surface area (Å²) in [6.45, 7) is 3.76. The molecule has 0 aliphatic heterocycles. The van der Waals surface area contributed by atoms with Crippen LogP contribution in [0.3, 0.4) is 0 Å². The van der Waals surface area contributed by atoms with Crippen molar-refractivity contribution in [1.82, 2.24) is 0 Å². The van der Waals surface area contributed by atoms with Gasteiger partial charge in [0.25, 0.3) is 0 Å². The van der Waals surface area contributed by atoms with Crippen LogP contribution in [0.25, 0.3) is 0 Å². The number of rotatable bonds is 7. The van der Waals surface area contributed by atoms with Crippen molar-refractivity contribution in [3.63, 3.8) is 0 Å². The Kier molecular flexibility index (Phi) is 6.59. The largest absolute Gasteiger partial charge is 0.324 e. The first kappa shape index (κ1) is 20.5. The molecule has 6 nitrogen and oxygen atoms in total. The molecule has 27 heavy (non-hydrogen) atoms. The zero-order valence-corrected chi connectivity index (χ0v) is 16.5. The Bertz CT molecular complexity index is 964. The second-order valence-corrected chi connectivity index (χ2v) is 8.28. The molecule has 0 saturated carbocycles. The van der Waals surface area contributed by atoms with Crippen LogP contribution in [0.15, 0.2) is 48.5 Å². The fourth-order valence-electron chi connectivity index (χ4n) is 2.71. The fraction of sp³-hybridized carbons (Fsp3) is 0.300. The van der Waals surface area contributed by atoms with Gasteiger partial charge in [0.15, 0.2) is 0 Å². The molecule has 0 radical (unpaired) electrons. The predicted octanol–water partition coefficient (Wildman–Crippen LogP) is 3.48. The highest BCUT2D eigenvalue weighted by Gasteiger charge is 2.22. The summed E-state index contributed by atoms with van der Waals surface area (Å²) in [4.78, 5) is 12.6. The van der Waals surface area contributed by atoms with Gasteiger partial charge in [0, 0.05) is 5.69 Å². The monoisotopic (exact) mass is 385 g/mol. The highest BCUT2D eigenvalue weighted by atomic mass is 32.2. The highest BCUT2D eigenvalue weighted by Crippen LogP contribution is 2.26. The van der Waals surface area contributed by atoms with Crippen LogP contribution in [-0.4, -0.2) is 27.1 Å². The van der Waals surface area contributed by atoms with E-state index in [2.05, 4.69) is 19.2 Å². The molecule has 0 aliphatic carbocycles. The molecule has 142 valence electrons. The van der Waals surface area contributed by atoms with Crippen LogP contribution >= 0.6 is 0 Å². The quantitative estimate of drug-likeness (QED) is 0.790. The third-order valence-corrected chi connectivity index (χ3v) is 5.47. The maximum atomic E-state index is 12.6. The second kappa shape index (κ2) is 8.69. The van der Waals surface area contributed by atoms with Gasteiger partial charge in [-0.3, -0.25) is 9.10 Å². The number of carbonyl (C=O) groups excluding carboxylic acids is 1. The van der Waals surface area contributed by atoms with Crippen molar-refractivity contribution in [2.45, 2.75) is 26.2 Å². The number of carbonyl (C=O) groups is 1. The van der Waals surface area contributed by atoms with E-state index in [0.717, 1.165) is 22.5 Å². The zero-order chi connectivity index (χ0) is 20.0. The van der Waals surface area contributed by atoms with Crippen molar-refractivity contribution in [1.29, 1.82) is 5.26 Å². The van der Waals surface area contributed by atoms with Gasteiger partial charge >= 0.3 is 0 Å². The van der Waals surface area contributed by atoms with Crippen LogP contribution in [0.2, 0.25) is 0 Å². The van der Waals surface area contributed by atoms with Crippen molar-refractivity contribution in [2.24, 2.45) is 0 Å². The first-order valence-corrected chi connectivity index (χ1v) is 10.5. The van der Waals surface area contributed by atoms with Crippen LogP contribution in [0, 0.1) is 11.3 Å². The summed E-state index contributed by atoms with van der Waals surface area (Å²) in [5.74, 6) is -0.182. The Balaban J connectivity index is 2.27. The van der Waals surface area contributed by atoms with Crippen LogP contribution < -0.4 is 9.62 Å². The molecule has 1 amide bonds. The summed E-state index contributed by atoms with van der Waals surface area (Å²) in [6.07, 6.45) is 1.95. The van der Waals surface area contributed by atoms with Crippen molar-refractivity contribution in [3.05, 3.63) is 59.7 Å². The predicted molar refractivity (Wildman–Crippen MR) is 107 cm³/mol. The molecule has 2 aromatic rings. The van der Waals surface area contributed by atoms with E-state index in [-0.39, 0.29) is 18.2 Å². The maximum absolute atomic E-state index is 12.6. The first-order chi connectivity index (χ1) is 12.8. The Morgan fingerprint density at radius 3 is 2.56 bits per heavy atom. The van der Waals surface area contributed by atoms with E-state index < -0.39 is 15.9 Å². The van der Waals surface area contributed by atoms with E-state index in [4.69, 9.17) is 5.26 Å². The van der Waals surface area contributed by atoms with Gasteiger partial charge in [-0.1, -0.05) is 38.1 Å². The highest BCUT2D eigenvalue weighted by molar-refractivity contribution is 7.92. The van der Waals surface area contributed by atoms with Gasteiger partial charge in [0.05, 0.1) is 23.6 Å². The number of anilines is 2. The van der Waals surface area contributed by atoms with E-state index >= 15 is 0 Å². The van der Waals surface area contributed by atoms with E-state index in [0.29, 0.717) is 11.3 Å². The molecule has 0 bridgehead atoms. The number of nitrogens with zero attached hydrogens (tertiary/aromatic N) is 2. The molecule has 2 rings (SSSR count). The molecule has 0 aliphatic rings. The maximum Gasteiger partial charge on any atom is 0.245 e. The molecule has 0 fully saturated rings. The van der Waals surface area contributed by atoms with E-state index in [1.54, 1.807) is 24.3 Å². The molecule has 1 N–H and O–H groups in total. The van der Waals surface area contributed by atoms with Gasteiger partial charge in [-0.25, -0.2) is 8.42 Å². The molecular formula is C20H23N3O3S. The Morgan fingerprint density at radius 1 is 1.22 bits per heavy atom. The van der Waals surface area contributed by atoms with Crippen LogP contribution in [0.5, 0.6) is 0 Å². The van der Waals surface area contributed by atoms with Crippen LogP contribution in [0.4, 0.5) is 11.4 Å². The average molecular weight is 385 g/mol. The fourth-order valence-corrected chi connectivity index (χ4v) is 3.56. The lowest BCUT2D eigenvalue weighted by Gasteiger charge is -2.23. The van der Waals surface area contributed by atoms with E-state index in [1.165, 1.54) is 6.07 Å². The SMILES string of the molecule is CC[C@@H](C)c1ccccc1NC(=O)CN(c1cccc(C#N)c1)S(C)(=O)=O. The molecule has 0 aromatic heterocycles. The van der Waals surface area contributed by atoms with Crippen molar-refractivity contribution in [2.75, 3.05) is 22.4 Å². The van der Waals surface area contributed by atoms with Gasteiger partial charge in [0.2, 0.25) is 15.9 Å². The van der Waals surface area contributed by atoms with Crippen LogP contribution in [-0.2, 0) is 14.8 Å². The summed E-state index contributed by atoms with van der Waals surface area (Å²) in [5.41, 5.74) is 2.28. The van der Waals surface area contributed by atoms with Gasteiger partial charge < -0.3 is 5.32 Å². The topological polar surface area (TPSA) is 90.3 Å². The lowest BCUT2D eigenvalue weighted by Crippen LogP contribution is -2.37. The lowest BCUT2D eigenvalue weighted by atomic mass is 9.97. The van der Waals surface area contributed by atoms with Gasteiger partial charge in [0.1, 0.15) is 6.54 Å². The number of sulfonamides is 1. The number of amides is 1. The molecule has 7 heteroatoms. The Hall–Kier alpha value is -2.85. The first-order valence-electron chi connectivity index (χ1n) is 8.63. The van der Waals surface area contributed by atoms with Gasteiger partial charge in [-0.2, -0.15) is 5.26 Å². The molecule has 0 heterocycles. The number of nitriles is 1. The van der Waals surface area contributed by atoms with Gasteiger partial charge in [-0.05, 0) is 42.2 Å². The third-order valence-electron chi connectivity index (χ3n) is 4.33.